The minimum Gasteiger partial charge on any atom is -0.507 e. The Morgan fingerprint density at radius 3 is 2.21 bits per heavy atom. The van der Waals surface area contributed by atoms with Gasteiger partial charge in [0.1, 0.15) is 5.76 Å². The van der Waals surface area contributed by atoms with Crippen molar-refractivity contribution in [2.45, 2.75) is 12.5 Å². The van der Waals surface area contributed by atoms with Crippen LogP contribution in [0.15, 0.2) is 84.4 Å². The number of nitro groups is 1. The summed E-state index contributed by atoms with van der Waals surface area (Å²) in [5.41, 5.74) is 1.64. The number of nitrogens with zero attached hydrogens (tertiary/aromatic N) is 2. The van der Waals surface area contributed by atoms with E-state index in [0.29, 0.717) is 22.6 Å². The first-order chi connectivity index (χ1) is 15.9. The lowest BCUT2D eigenvalue weighted by atomic mass is 9.95. The van der Waals surface area contributed by atoms with Gasteiger partial charge in [0.2, 0.25) is 0 Å². The van der Waals surface area contributed by atoms with Crippen LogP contribution in [0.4, 0.5) is 5.69 Å². The van der Waals surface area contributed by atoms with Gasteiger partial charge in [-0.1, -0.05) is 41.9 Å². The molecule has 3 aromatic carbocycles. The van der Waals surface area contributed by atoms with Gasteiger partial charge in [-0.3, -0.25) is 19.7 Å². The first-order valence-corrected chi connectivity index (χ1v) is 10.6. The predicted molar refractivity (Wildman–Crippen MR) is 124 cm³/mol. The van der Waals surface area contributed by atoms with E-state index in [2.05, 4.69) is 0 Å². The molecular weight excluding hydrogens is 444 g/mol. The maximum atomic E-state index is 13.0. The number of ketones is 1. The highest BCUT2D eigenvalue weighted by molar-refractivity contribution is 6.46. The fourth-order valence-corrected chi connectivity index (χ4v) is 4.02. The number of non-ortho nitro benzene ring substituents is 1. The summed E-state index contributed by atoms with van der Waals surface area (Å²) >= 11 is 5.93. The van der Waals surface area contributed by atoms with E-state index in [1.807, 2.05) is 30.3 Å². The lowest BCUT2D eigenvalue weighted by Crippen LogP contribution is -2.31. The molecule has 1 atom stereocenters. The highest BCUT2D eigenvalue weighted by Gasteiger charge is 2.45. The van der Waals surface area contributed by atoms with Gasteiger partial charge in [0.25, 0.3) is 17.4 Å². The van der Waals surface area contributed by atoms with Crippen molar-refractivity contribution in [2.24, 2.45) is 0 Å². The predicted octanol–water partition coefficient (Wildman–Crippen LogP) is 4.91. The third-order valence-corrected chi connectivity index (χ3v) is 5.81. The Morgan fingerprint density at radius 1 is 0.970 bits per heavy atom. The van der Waals surface area contributed by atoms with Crippen molar-refractivity contribution in [1.29, 1.82) is 0 Å². The van der Waals surface area contributed by atoms with Crippen molar-refractivity contribution in [3.8, 4) is 0 Å². The lowest BCUT2D eigenvalue weighted by Gasteiger charge is -2.25. The summed E-state index contributed by atoms with van der Waals surface area (Å²) in [6, 6.07) is 20.5. The highest BCUT2D eigenvalue weighted by Crippen LogP contribution is 2.40. The summed E-state index contributed by atoms with van der Waals surface area (Å²) in [6.07, 6.45) is 0.498. The summed E-state index contributed by atoms with van der Waals surface area (Å²) in [4.78, 5) is 38.0. The Labute approximate surface area is 194 Å². The largest absolute Gasteiger partial charge is 0.507 e. The zero-order chi connectivity index (χ0) is 23.5. The molecule has 0 aromatic heterocycles. The number of Topliss-reactive ketones (excluding diaryl/α,β-unsaturated/α-hetero) is 1. The topological polar surface area (TPSA) is 101 Å². The SMILES string of the molecule is O=C1C(=O)N(CCc2ccccc2)C(c2ccc([N+](=O)[O-])cc2)/C1=C(\O)c1ccc(Cl)cc1. The molecule has 0 bridgehead atoms. The Bertz CT molecular complexity index is 1240. The molecule has 1 aliphatic heterocycles. The van der Waals surface area contributed by atoms with E-state index >= 15 is 0 Å². The molecule has 1 amide bonds. The number of likely N-dealkylation sites (tertiary alicyclic amines) is 1. The van der Waals surface area contributed by atoms with E-state index < -0.39 is 22.7 Å². The molecular formula is C25H19ClN2O5. The first-order valence-electron chi connectivity index (χ1n) is 10.2. The molecule has 1 unspecified atom stereocenters. The number of carbonyl (C=O) groups is 2. The molecule has 3 aromatic rings. The molecule has 4 rings (SSSR count). The number of halogens is 1. The summed E-state index contributed by atoms with van der Waals surface area (Å²) in [5.74, 6) is -1.86. The molecule has 0 aliphatic carbocycles. The number of amides is 1. The van der Waals surface area contributed by atoms with Gasteiger partial charge in [-0.05, 0) is 53.9 Å². The average Bonchev–Trinajstić information content (AvgIpc) is 3.08. The Hall–Kier alpha value is -3.97. The van der Waals surface area contributed by atoms with Gasteiger partial charge < -0.3 is 10.0 Å². The van der Waals surface area contributed by atoms with Gasteiger partial charge in [-0.25, -0.2) is 0 Å². The number of aliphatic hydroxyl groups excluding tert-OH is 1. The third kappa shape index (κ3) is 4.49. The molecule has 7 nitrogen and oxygen atoms in total. The zero-order valence-electron chi connectivity index (χ0n) is 17.3. The maximum absolute atomic E-state index is 13.0. The van der Waals surface area contributed by atoms with Gasteiger partial charge in [-0.2, -0.15) is 0 Å². The van der Waals surface area contributed by atoms with Gasteiger partial charge in [0, 0.05) is 29.3 Å². The summed E-state index contributed by atoms with van der Waals surface area (Å²) in [6.45, 7) is 0.230. The van der Waals surface area contributed by atoms with E-state index in [0.717, 1.165) is 5.56 Å². The van der Waals surface area contributed by atoms with Crippen LogP contribution < -0.4 is 0 Å². The molecule has 1 N–H and O–H groups in total. The van der Waals surface area contributed by atoms with Crippen molar-refractivity contribution < 1.29 is 19.6 Å². The van der Waals surface area contributed by atoms with E-state index in [9.17, 15) is 24.8 Å². The molecule has 1 fully saturated rings. The molecule has 0 spiro atoms. The fourth-order valence-electron chi connectivity index (χ4n) is 3.89. The molecule has 1 heterocycles. The molecule has 0 saturated carbocycles. The van der Waals surface area contributed by atoms with E-state index in [-0.39, 0.29) is 23.6 Å². The molecule has 8 heteroatoms. The van der Waals surface area contributed by atoms with Crippen molar-refractivity contribution in [2.75, 3.05) is 6.54 Å². The quantitative estimate of drug-likeness (QED) is 0.184. The number of aliphatic hydroxyl groups is 1. The van der Waals surface area contributed by atoms with Crippen LogP contribution in [0.1, 0.15) is 22.7 Å². The second-order valence-corrected chi connectivity index (χ2v) is 8.02. The summed E-state index contributed by atoms with van der Waals surface area (Å²) < 4.78 is 0. The minimum absolute atomic E-state index is 0.0655. The molecule has 33 heavy (non-hydrogen) atoms. The number of hydrogen-bond donors (Lipinski definition) is 1. The second kappa shape index (κ2) is 9.26. The van der Waals surface area contributed by atoms with Crippen molar-refractivity contribution in [3.05, 3.63) is 116 Å². The lowest BCUT2D eigenvalue weighted by molar-refractivity contribution is -0.384. The molecule has 1 saturated heterocycles. The van der Waals surface area contributed by atoms with Gasteiger partial charge in [0.15, 0.2) is 0 Å². The van der Waals surface area contributed by atoms with Gasteiger partial charge >= 0.3 is 0 Å². The van der Waals surface area contributed by atoms with Crippen molar-refractivity contribution >= 4 is 34.7 Å². The number of hydrogen-bond acceptors (Lipinski definition) is 5. The molecule has 0 radical (unpaired) electrons. The Balaban J connectivity index is 1.79. The third-order valence-electron chi connectivity index (χ3n) is 5.56. The summed E-state index contributed by atoms with van der Waals surface area (Å²) in [5, 5.41) is 22.5. The Kier molecular flexibility index (Phi) is 6.24. The van der Waals surface area contributed by atoms with Crippen LogP contribution >= 0.6 is 11.6 Å². The normalized spacial score (nSPS) is 17.4. The van der Waals surface area contributed by atoms with Crippen LogP contribution in [0.2, 0.25) is 5.02 Å². The second-order valence-electron chi connectivity index (χ2n) is 7.58. The number of carbonyl (C=O) groups excluding carboxylic acids is 2. The van der Waals surface area contributed by atoms with E-state index in [4.69, 9.17) is 11.6 Å². The maximum Gasteiger partial charge on any atom is 0.295 e. The minimum atomic E-state index is -0.884. The summed E-state index contributed by atoms with van der Waals surface area (Å²) in [7, 11) is 0. The number of nitro benzene ring substituents is 1. The zero-order valence-corrected chi connectivity index (χ0v) is 18.1. The standard InChI is InChI=1S/C25H19ClN2O5/c26-19-10-6-18(7-11-19)23(29)21-22(17-8-12-20(13-9-17)28(32)33)27(25(31)24(21)30)15-14-16-4-2-1-3-5-16/h1-13,22,29H,14-15H2/b23-21+. The first kappa shape index (κ1) is 22.2. The van der Waals surface area contributed by atoms with Crippen LogP contribution in [0.25, 0.3) is 5.76 Å². The van der Waals surface area contributed by atoms with Crippen LogP contribution in [0, 0.1) is 10.1 Å². The van der Waals surface area contributed by atoms with Crippen LogP contribution in [0.5, 0.6) is 0 Å². The van der Waals surface area contributed by atoms with Crippen molar-refractivity contribution in [1.82, 2.24) is 4.90 Å². The van der Waals surface area contributed by atoms with E-state index in [1.54, 1.807) is 24.3 Å². The van der Waals surface area contributed by atoms with Gasteiger partial charge in [-0.15, -0.1) is 0 Å². The van der Waals surface area contributed by atoms with Crippen molar-refractivity contribution in [3.63, 3.8) is 0 Å². The monoisotopic (exact) mass is 462 g/mol. The fraction of sp³-hybridized carbons (Fsp3) is 0.120. The van der Waals surface area contributed by atoms with Gasteiger partial charge in [0.05, 0.1) is 16.5 Å². The van der Waals surface area contributed by atoms with Crippen LogP contribution in [-0.4, -0.2) is 33.2 Å². The highest BCUT2D eigenvalue weighted by atomic mass is 35.5. The number of benzene rings is 3. The average molecular weight is 463 g/mol. The molecule has 1 aliphatic rings. The smallest absolute Gasteiger partial charge is 0.295 e. The van der Waals surface area contributed by atoms with E-state index in [1.165, 1.54) is 29.2 Å². The van der Waals surface area contributed by atoms with Crippen LogP contribution in [-0.2, 0) is 16.0 Å². The van der Waals surface area contributed by atoms with Crippen LogP contribution in [0.3, 0.4) is 0 Å². The Morgan fingerprint density at radius 2 is 1.61 bits per heavy atom. The number of rotatable bonds is 6. The molecule has 166 valence electrons.